The number of ether oxygens (including phenoxy) is 1. The summed E-state index contributed by atoms with van der Waals surface area (Å²) < 4.78 is 5.59. The molecule has 1 aliphatic heterocycles. The van der Waals surface area contributed by atoms with Crippen LogP contribution in [-0.2, 0) is 5.60 Å². The summed E-state index contributed by atoms with van der Waals surface area (Å²) in [5.41, 5.74) is 0.276. The highest BCUT2D eigenvalue weighted by atomic mass is 32.2. The Labute approximate surface area is 146 Å². The monoisotopic (exact) mass is 343 g/mol. The Balaban J connectivity index is 1.76. The molecule has 3 rings (SSSR count). The number of amides is 1. The van der Waals surface area contributed by atoms with Crippen molar-refractivity contribution >= 4 is 17.7 Å². The number of nitrogens with one attached hydrogen (secondary N) is 1. The van der Waals surface area contributed by atoms with Crippen LogP contribution in [0.2, 0.25) is 0 Å². The van der Waals surface area contributed by atoms with Crippen LogP contribution in [0.25, 0.3) is 0 Å². The molecule has 0 bridgehead atoms. The summed E-state index contributed by atoms with van der Waals surface area (Å²) in [5.74, 6) is 1.42. The van der Waals surface area contributed by atoms with Crippen LogP contribution in [0, 0.1) is 0 Å². The van der Waals surface area contributed by atoms with E-state index in [1.807, 2.05) is 48.5 Å². The standard InChI is InChI=1S/C19H21NO3S/c1-2-24-17-10-6-3-7-14(17)18(21)20-13-19(22)11-12-23-16-9-5-4-8-15(16)19/h3-10,22H,2,11-13H2,1H3,(H,20,21)/t19-/m0/s1. The average Bonchev–Trinajstić information content (AvgIpc) is 2.61. The van der Waals surface area contributed by atoms with Gasteiger partial charge in [0, 0.05) is 16.9 Å². The van der Waals surface area contributed by atoms with Gasteiger partial charge >= 0.3 is 0 Å². The zero-order valence-electron chi connectivity index (χ0n) is 13.6. The fourth-order valence-electron chi connectivity index (χ4n) is 2.88. The largest absolute Gasteiger partial charge is 0.493 e. The number of fused-ring (bicyclic) bond motifs is 1. The number of benzene rings is 2. The van der Waals surface area contributed by atoms with Crippen LogP contribution >= 0.6 is 11.8 Å². The minimum absolute atomic E-state index is 0.163. The number of hydrogen-bond acceptors (Lipinski definition) is 4. The Bertz CT molecular complexity index is 734. The minimum Gasteiger partial charge on any atom is -0.493 e. The Morgan fingerprint density at radius 1 is 1.25 bits per heavy atom. The van der Waals surface area contributed by atoms with E-state index < -0.39 is 5.60 Å². The lowest BCUT2D eigenvalue weighted by molar-refractivity contribution is -0.00163. The van der Waals surface area contributed by atoms with Gasteiger partial charge in [-0.3, -0.25) is 4.79 Å². The van der Waals surface area contributed by atoms with Gasteiger partial charge in [0.15, 0.2) is 0 Å². The number of rotatable bonds is 5. The maximum Gasteiger partial charge on any atom is 0.252 e. The van der Waals surface area contributed by atoms with Gasteiger partial charge in [0.1, 0.15) is 11.4 Å². The van der Waals surface area contributed by atoms with Gasteiger partial charge in [-0.05, 0) is 24.0 Å². The van der Waals surface area contributed by atoms with E-state index in [1.165, 1.54) is 0 Å². The first-order valence-corrected chi connectivity index (χ1v) is 9.07. The molecule has 0 fully saturated rings. The predicted molar refractivity (Wildman–Crippen MR) is 95.6 cm³/mol. The molecule has 0 spiro atoms. The van der Waals surface area contributed by atoms with Crippen molar-refractivity contribution in [3.8, 4) is 5.75 Å². The molecule has 1 atom stereocenters. The normalized spacial score (nSPS) is 19.2. The van der Waals surface area contributed by atoms with Gasteiger partial charge in [0.2, 0.25) is 0 Å². The van der Waals surface area contributed by atoms with E-state index in [1.54, 1.807) is 11.8 Å². The zero-order valence-corrected chi connectivity index (χ0v) is 14.4. The van der Waals surface area contributed by atoms with Crippen molar-refractivity contribution in [2.24, 2.45) is 0 Å². The van der Waals surface area contributed by atoms with Crippen LogP contribution < -0.4 is 10.1 Å². The van der Waals surface area contributed by atoms with Gasteiger partial charge in [-0.1, -0.05) is 37.3 Å². The highest BCUT2D eigenvalue weighted by Gasteiger charge is 2.35. The molecule has 24 heavy (non-hydrogen) atoms. The van der Waals surface area contributed by atoms with Gasteiger partial charge in [-0.2, -0.15) is 0 Å². The lowest BCUT2D eigenvalue weighted by atomic mass is 9.88. The maximum atomic E-state index is 12.6. The molecule has 1 amide bonds. The summed E-state index contributed by atoms with van der Waals surface area (Å²) >= 11 is 1.64. The smallest absolute Gasteiger partial charge is 0.252 e. The summed E-state index contributed by atoms with van der Waals surface area (Å²) in [6.45, 7) is 2.66. The second-order valence-corrected chi connectivity index (χ2v) is 7.04. The van der Waals surface area contributed by atoms with E-state index in [0.29, 0.717) is 24.3 Å². The summed E-state index contributed by atoms with van der Waals surface area (Å²) in [6.07, 6.45) is 0.454. The van der Waals surface area contributed by atoms with E-state index in [9.17, 15) is 9.90 Å². The quantitative estimate of drug-likeness (QED) is 0.819. The lowest BCUT2D eigenvalue weighted by Crippen LogP contribution is -2.44. The molecule has 0 saturated carbocycles. The molecule has 5 heteroatoms. The third-order valence-electron chi connectivity index (χ3n) is 4.13. The first-order chi connectivity index (χ1) is 11.6. The van der Waals surface area contributed by atoms with Crippen LogP contribution in [0.5, 0.6) is 5.75 Å². The Hall–Kier alpha value is -1.98. The molecule has 2 aromatic rings. The van der Waals surface area contributed by atoms with Crippen molar-refractivity contribution in [3.05, 3.63) is 59.7 Å². The lowest BCUT2D eigenvalue weighted by Gasteiger charge is -2.34. The van der Waals surface area contributed by atoms with Gasteiger partial charge in [0.05, 0.1) is 18.7 Å². The van der Waals surface area contributed by atoms with Gasteiger partial charge in [0.25, 0.3) is 5.91 Å². The van der Waals surface area contributed by atoms with Gasteiger partial charge in [-0.25, -0.2) is 0 Å². The van der Waals surface area contributed by atoms with E-state index in [0.717, 1.165) is 16.2 Å². The maximum absolute atomic E-state index is 12.6. The van der Waals surface area contributed by atoms with Crippen LogP contribution in [0.3, 0.4) is 0 Å². The van der Waals surface area contributed by atoms with Crippen molar-refractivity contribution in [2.45, 2.75) is 23.8 Å². The Morgan fingerprint density at radius 3 is 2.83 bits per heavy atom. The zero-order chi connectivity index (χ0) is 17.0. The highest BCUT2D eigenvalue weighted by Crippen LogP contribution is 2.36. The summed E-state index contributed by atoms with van der Waals surface area (Å²) in [4.78, 5) is 13.5. The second kappa shape index (κ2) is 7.28. The molecule has 1 heterocycles. The Kier molecular flexibility index (Phi) is 5.11. The van der Waals surface area contributed by atoms with Gasteiger partial charge < -0.3 is 15.2 Å². The molecular formula is C19H21NO3S. The SMILES string of the molecule is CCSc1ccccc1C(=O)NC[C@@]1(O)CCOc2ccccc21. The van der Waals surface area contributed by atoms with Crippen LogP contribution in [0.1, 0.15) is 29.3 Å². The molecule has 0 aromatic heterocycles. The van der Waals surface area contributed by atoms with Crippen LogP contribution in [0.15, 0.2) is 53.4 Å². The van der Waals surface area contributed by atoms with E-state index in [4.69, 9.17) is 4.74 Å². The molecule has 126 valence electrons. The van der Waals surface area contributed by atoms with Crippen molar-refractivity contribution < 1.29 is 14.6 Å². The van der Waals surface area contributed by atoms with Crippen molar-refractivity contribution in [2.75, 3.05) is 18.9 Å². The molecule has 0 saturated heterocycles. The summed E-state index contributed by atoms with van der Waals surface area (Å²) in [6, 6.07) is 15.0. The number of thioether (sulfide) groups is 1. The number of carbonyl (C=O) groups excluding carboxylic acids is 1. The molecule has 0 radical (unpaired) electrons. The van der Waals surface area contributed by atoms with E-state index in [2.05, 4.69) is 12.2 Å². The van der Waals surface area contributed by atoms with Crippen molar-refractivity contribution in [1.82, 2.24) is 5.32 Å². The van der Waals surface area contributed by atoms with Crippen molar-refractivity contribution in [3.63, 3.8) is 0 Å². The molecule has 0 unspecified atom stereocenters. The molecule has 2 aromatic carbocycles. The third kappa shape index (κ3) is 3.42. The predicted octanol–water partition coefficient (Wildman–Crippen LogP) is 3.20. The number of hydrogen-bond donors (Lipinski definition) is 2. The highest BCUT2D eigenvalue weighted by molar-refractivity contribution is 7.99. The van der Waals surface area contributed by atoms with Gasteiger partial charge in [-0.15, -0.1) is 11.8 Å². The number of carbonyl (C=O) groups is 1. The minimum atomic E-state index is -1.10. The second-order valence-electron chi connectivity index (χ2n) is 5.74. The molecule has 1 aliphatic rings. The summed E-state index contributed by atoms with van der Waals surface area (Å²) in [7, 11) is 0. The first-order valence-electron chi connectivity index (χ1n) is 8.09. The van der Waals surface area contributed by atoms with Crippen molar-refractivity contribution in [1.29, 1.82) is 0 Å². The number of aliphatic hydroxyl groups is 1. The van der Waals surface area contributed by atoms with E-state index >= 15 is 0 Å². The molecular weight excluding hydrogens is 322 g/mol. The average molecular weight is 343 g/mol. The molecule has 4 nitrogen and oxygen atoms in total. The Morgan fingerprint density at radius 2 is 2.00 bits per heavy atom. The fourth-order valence-corrected chi connectivity index (χ4v) is 3.68. The van der Waals surface area contributed by atoms with Crippen LogP contribution in [0.4, 0.5) is 0 Å². The third-order valence-corrected chi connectivity index (χ3v) is 5.09. The summed E-state index contributed by atoms with van der Waals surface area (Å²) in [5, 5.41) is 13.9. The van der Waals surface area contributed by atoms with E-state index in [-0.39, 0.29) is 12.5 Å². The number of para-hydroxylation sites is 1. The first kappa shape index (κ1) is 16.9. The van der Waals surface area contributed by atoms with Crippen LogP contribution in [-0.4, -0.2) is 29.9 Å². The molecule has 2 N–H and O–H groups in total. The fraction of sp³-hybridized carbons (Fsp3) is 0.316. The molecule has 0 aliphatic carbocycles. The topological polar surface area (TPSA) is 58.6 Å².